The summed E-state index contributed by atoms with van der Waals surface area (Å²) in [6.07, 6.45) is 1.90. The van der Waals surface area contributed by atoms with Crippen LogP contribution in [0.3, 0.4) is 0 Å². The number of carbonyl (C=O) groups is 1. The predicted molar refractivity (Wildman–Crippen MR) is 64.3 cm³/mol. The topological polar surface area (TPSA) is 32.3 Å². The molecule has 2 rings (SSSR count). The summed E-state index contributed by atoms with van der Waals surface area (Å²) in [4.78, 5) is 14.0. The Hall–Kier alpha value is -1.49. The fourth-order valence-corrected chi connectivity index (χ4v) is 2.22. The second-order valence-corrected chi connectivity index (χ2v) is 4.70. The zero-order valence-corrected chi connectivity index (χ0v) is 10.2. The smallest absolute Gasteiger partial charge is 0.254 e. The fraction of sp³-hybridized carbons (Fsp3) is 0.462. The van der Waals surface area contributed by atoms with Gasteiger partial charge in [0.2, 0.25) is 0 Å². The number of rotatable bonds is 2. The summed E-state index contributed by atoms with van der Waals surface area (Å²) in [7, 11) is 1.98. The van der Waals surface area contributed by atoms with E-state index in [1.807, 2.05) is 7.05 Å². The van der Waals surface area contributed by atoms with E-state index in [2.05, 4.69) is 10.2 Å². The average Bonchev–Trinajstić information content (AvgIpc) is 2.28. The second-order valence-electron chi connectivity index (χ2n) is 4.70. The number of halogens is 2. The first-order valence-corrected chi connectivity index (χ1v) is 6.00. The maximum Gasteiger partial charge on any atom is 0.254 e. The minimum absolute atomic E-state index is 0.0284. The minimum atomic E-state index is -0.823. The normalized spacial score (nSPS) is 20.7. The van der Waals surface area contributed by atoms with Gasteiger partial charge < -0.3 is 10.2 Å². The van der Waals surface area contributed by atoms with Gasteiger partial charge in [0.25, 0.3) is 5.91 Å². The van der Waals surface area contributed by atoms with E-state index in [0.717, 1.165) is 38.1 Å². The zero-order chi connectivity index (χ0) is 13.1. The van der Waals surface area contributed by atoms with Crippen LogP contribution in [0.1, 0.15) is 23.2 Å². The molecule has 0 aromatic heterocycles. The molecule has 5 heteroatoms. The fourth-order valence-electron chi connectivity index (χ4n) is 2.22. The Balaban J connectivity index is 2.03. The standard InChI is InChI=1S/C13H16F2N2O/c1-17-6-2-3-10(8-17)16-13(18)11-5-4-9(14)7-12(11)15/h4-5,7,10H,2-3,6,8H2,1H3,(H,16,18). The third-order valence-electron chi connectivity index (χ3n) is 3.14. The van der Waals surface area contributed by atoms with E-state index in [1.165, 1.54) is 6.07 Å². The number of nitrogens with zero attached hydrogens (tertiary/aromatic N) is 1. The molecule has 1 atom stereocenters. The van der Waals surface area contributed by atoms with Gasteiger partial charge in [0.15, 0.2) is 0 Å². The predicted octanol–water partition coefficient (Wildman–Crippen LogP) is 1.79. The van der Waals surface area contributed by atoms with Gasteiger partial charge in [-0.25, -0.2) is 8.78 Å². The number of hydrogen-bond acceptors (Lipinski definition) is 2. The largest absolute Gasteiger partial charge is 0.348 e. The molecule has 1 fully saturated rings. The quantitative estimate of drug-likeness (QED) is 0.872. The number of hydrogen-bond donors (Lipinski definition) is 1. The minimum Gasteiger partial charge on any atom is -0.348 e. The van der Waals surface area contributed by atoms with Crippen molar-refractivity contribution in [2.45, 2.75) is 18.9 Å². The number of carbonyl (C=O) groups excluding carboxylic acids is 1. The molecule has 1 heterocycles. The first-order chi connectivity index (χ1) is 8.56. The Kier molecular flexibility index (Phi) is 3.91. The highest BCUT2D eigenvalue weighted by Gasteiger charge is 2.21. The van der Waals surface area contributed by atoms with E-state index in [9.17, 15) is 13.6 Å². The summed E-state index contributed by atoms with van der Waals surface area (Å²) in [5.74, 6) is -1.98. The molecule has 1 aliphatic heterocycles. The second kappa shape index (κ2) is 5.44. The number of benzene rings is 1. The molecule has 0 bridgehead atoms. The van der Waals surface area contributed by atoms with E-state index in [1.54, 1.807) is 0 Å². The molecule has 1 aliphatic rings. The van der Waals surface area contributed by atoms with Crippen molar-refractivity contribution >= 4 is 5.91 Å². The Morgan fingerprint density at radius 3 is 2.89 bits per heavy atom. The first kappa shape index (κ1) is 13.0. The highest BCUT2D eigenvalue weighted by molar-refractivity contribution is 5.94. The van der Waals surface area contributed by atoms with Crippen molar-refractivity contribution in [1.29, 1.82) is 0 Å². The number of nitrogens with one attached hydrogen (secondary N) is 1. The maximum atomic E-state index is 13.4. The lowest BCUT2D eigenvalue weighted by Gasteiger charge is -2.30. The monoisotopic (exact) mass is 254 g/mol. The number of likely N-dealkylation sites (N-methyl/N-ethyl adjacent to an activating group) is 1. The van der Waals surface area contributed by atoms with Crippen molar-refractivity contribution in [1.82, 2.24) is 10.2 Å². The molecular weight excluding hydrogens is 238 g/mol. The SMILES string of the molecule is CN1CCCC(NC(=O)c2ccc(F)cc2F)C1. The lowest BCUT2D eigenvalue weighted by molar-refractivity contribution is 0.0908. The van der Waals surface area contributed by atoms with Crippen molar-refractivity contribution in [2.75, 3.05) is 20.1 Å². The Morgan fingerprint density at radius 1 is 1.44 bits per heavy atom. The van der Waals surface area contributed by atoms with Gasteiger partial charge in [-0.1, -0.05) is 0 Å². The van der Waals surface area contributed by atoms with Gasteiger partial charge in [-0.3, -0.25) is 4.79 Å². The highest BCUT2D eigenvalue weighted by atomic mass is 19.1. The third kappa shape index (κ3) is 3.04. The van der Waals surface area contributed by atoms with Crippen LogP contribution in [0.4, 0.5) is 8.78 Å². The third-order valence-corrected chi connectivity index (χ3v) is 3.14. The average molecular weight is 254 g/mol. The van der Waals surface area contributed by atoms with Gasteiger partial charge in [-0.2, -0.15) is 0 Å². The molecule has 0 spiro atoms. The summed E-state index contributed by atoms with van der Waals surface area (Å²) < 4.78 is 26.2. The van der Waals surface area contributed by atoms with Gasteiger partial charge in [0.1, 0.15) is 11.6 Å². The molecule has 1 unspecified atom stereocenters. The van der Waals surface area contributed by atoms with Crippen LogP contribution in [0.25, 0.3) is 0 Å². The van der Waals surface area contributed by atoms with Crippen LogP contribution >= 0.6 is 0 Å². The number of amides is 1. The van der Waals surface area contributed by atoms with Crippen LogP contribution in [-0.2, 0) is 0 Å². The van der Waals surface area contributed by atoms with Crippen LogP contribution in [-0.4, -0.2) is 37.0 Å². The van der Waals surface area contributed by atoms with Crippen LogP contribution in [0, 0.1) is 11.6 Å². The van der Waals surface area contributed by atoms with Crippen LogP contribution in [0.5, 0.6) is 0 Å². The van der Waals surface area contributed by atoms with Gasteiger partial charge >= 0.3 is 0 Å². The first-order valence-electron chi connectivity index (χ1n) is 6.00. The van der Waals surface area contributed by atoms with E-state index in [0.29, 0.717) is 0 Å². The Morgan fingerprint density at radius 2 is 2.22 bits per heavy atom. The van der Waals surface area contributed by atoms with Crippen molar-refractivity contribution in [3.05, 3.63) is 35.4 Å². The molecule has 98 valence electrons. The lowest BCUT2D eigenvalue weighted by atomic mass is 10.1. The molecule has 1 N–H and O–H groups in total. The highest BCUT2D eigenvalue weighted by Crippen LogP contribution is 2.12. The van der Waals surface area contributed by atoms with Crippen molar-refractivity contribution < 1.29 is 13.6 Å². The van der Waals surface area contributed by atoms with Crippen LogP contribution in [0.15, 0.2) is 18.2 Å². The summed E-state index contributed by atoms with van der Waals surface area (Å²) >= 11 is 0. The zero-order valence-electron chi connectivity index (χ0n) is 10.2. The molecule has 3 nitrogen and oxygen atoms in total. The van der Waals surface area contributed by atoms with E-state index in [4.69, 9.17) is 0 Å². The van der Waals surface area contributed by atoms with Gasteiger partial charge in [-0.05, 0) is 38.6 Å². The molecule has 1 aromatic carbocycles. The van der Waals surface area contributed by atoms with E-state index < -0.39 is 17.5 Å². The molecule has 0 radical (unpaired) electrons. The van der Waals surface area contributed by atoms with Crippen LogP contribution < -0.4 is 5.32 Å². The van der Waals surface area contributed by atoms with Gasteiger partial charge in [0, 0.05) is 18.7 Å². The van der Waals surface area contributed by atoms with E-state index in [-0.39, 0.29) is 11.6 Å². The summed E-state index contributed by atoms with van der Waals surface area (Å²) in [6.45, 7) is 1.77. The van der Waals surface area contributed by atoms with Crippen LogP contribution in [0.2, 0.25) is 0 Å². The van der Waals surface area contributed by atoms with Gasteiger partial charge in [-0.15, -0.1) is 0 Å². The Labute approximate surface area is 105 Å². The molecule has 0 saturated carbocycles. The van der Waals surface area contributed by atoms with Gasteiger partial charge in [0.05, 0.1) is 5.56 Å². The Bertz CT molecular complexity index is 451. The summed E-state index contributed by atoms with van der Waals surface area (Å²) in [5.41, 5.74) is -0.107. The maximum absolute atomic E-state index is 13.4. The molecule has 18 heavy (non-hydrogen) atoms. The lowest BCUT2D eigenvalue weighted by Crippen LogP contribution is -2.46. The van der Waals surface area contributed by atoms with Crippen molar-refractivity contribution in [3.8, 4) is 0 Å². The molecular formula is C13H16F2N2O. The summed E-state index contributed by atoms with van der Waals surface area (Å²) in [5, 5.41) is 2.78. The van der Waals surface area contributed by atoms with E-state index >= 15 is 0 Å². The molecule has 1 saturated heterocycles. The summed E-state index contributed by atoms with van der Waals surface area (Å²) in [6, 6.07) is 3.01. The molecule has 1 aromatic rings. The van der Waals surface area contributed by atoms with Crippen molar-refractivity contribution in [2.24, 2.45) is 0 Å². The number of piperidine rings is 1. The van der Waals surface area contributed by atoms with Crippen molar-refractivity contribution in [3.63, 3.8) is 0 Å². The number of likely N-dealkylation sites (tertiary alicyclic amines) is 1. The molecule has 1 amide bonds. The molecule has 0 aliphatic carbocycles.